The zero-order valence-electron chi connectivity index (χ0n) is 18.9. The monoisotopic (exact) mass is 485 g/mol. The lowest BCUT2D eigenvalue weighted by atomic mass is 10.2. The Balaban J connectivity index is 1.97. The molecule has 1 amide bonds. The SMILES string of the molecule is C#CCn1c(=NC(=O)c2ccc(S(=O)(=O)N(CC)CCCC)cc2)sc2cccc(OC)c21. The summed E-state index contributed by atoms with van der Waals surface area (Å²) in [6, 6.07) is 11.5. The number of para-hydroxylation sites is 1. The lowest BCUT2D eigenvalue weighted by Crippen LogP contribution is -2.31. The van der Waals surface area contributed by atoms with E-state index < -0.39 is 15.9 Å². The van der Waals surface area contributed by atoms with E-state index in [2.05, 4.69) is 10.9 Å². The summed E-state index contributed by atoms with van der Waals surface area (Å²) in [5.74, 6) is 2.76. The van der Waals surface area contributed by atoms with E-state index in [-0.39, 0.29) is 11.4 Å². The van der Waals surface area contributed by atoms with Crippen molar-refractivity contribution in [2.24, 2.45) is 4.99 Å². The molecule has 3 rings (SSSR count). The minimum Gasteiger partial charge on any atom is -0.495 e. The summed E-state index contributed by atoms with van der Waals surface area (Å²) in [6.45, 7) is 4.92. The maximum atomic E-state index is 12.9. The van der Waals surface area contributed by atoms with Crippen LogP contribution in [-0.2, 0) is 16.6 Å². The molecular weight excluding hydrogens is 458 g/mol. The van der Waals surface area contributed by atoms with E-state index in [1.165, 1.54) is 39.9 Å². The van der Waals surface area contributed by atoms with Gasteiger partial charge in [0.25, 0.3) is 5.91 Å². The Bertz CT molecular complexity index is 1350. The number of carbonyl (C=O) groups excluding carboxylic acids is 1. The molecule has 3 aromatic rings. The van der Waals surface area contributed by atoms with Crippen LogP contribution in [0.5, 0.6) is 5.75 Å². The number of benzene rings is 2. The number of fused-ring (bicyclic) bond motifs is 1. The number of methoxy groups -OCH3 is 1. The number of hydrogen-bond donors (Lipinski definition) is 0. The van der Waals surface area contributed by atoms with Crippen molar-refractivity contribution in [3.05, 3.63) is 52.8 Å². The van der Waals surface area contributed by atoms with Crippen molar-refractivity contribution in [3.8, 4) is 18.1 Å². The number of amides is 1. The molecule has 7 nitrogen and oxygen atoms in total. The number of aromatic nitrogens is 1. The molecule has 0 saturated heterocycles. The van der Waals surface area contributed by atoms with Gasteiger partial charge in [0.05, 0.1) is 23.2 Å². The summed E-state index contributed by atoms with van der Waals surface area (Å²) in [5.41, 5.74) is 1.07. The van der Waals surface area contributed by atoms with Gasteiger partial charge in [-0.3, -0.25) is 4.79 Å². The van der Waals surface area contributed by atoms with Gasteiger partial charge in [0.2, 0.25) is 10.0 Å². The van der Waals surface area contributed by atoms with Gasteiger partial charge in [-0.25, -0.2) is 8.42 Å². The van der Waals surface area contributed by atoms with Crippen molar-refractivity contribution in [1.82, 2.24) is 8.87 Å². The van der Waals surface area contributed by atoms with Gasteiger partial charge in [0.1, 0.15) is 11.3 Å². The molecule has 0 spiro atoms. The lowest BCUT2D eigenvalue weighted by molar-refractivity contribution is 0.0997. The number of unbranched alkanes of at least 4 members (excludes halogenated alkanes) is 1. The second kappa shape index (κ2) is 10.8. The molecule has 0 aliphatic heterocycles. The van der Waals surface area contributed by atoms with Crippen LogP contribution >= 0.6 is 11.3 Å². The van der Waals surface area contributed by atoms with Gasteiger partial charge in [-0.15, -0.1) is 6.42 Å². The number of carbonyl (C=O) groups is 1. The predicted octanol–water partition coefficient (Wildman–Crippen LogP) is 3.90. The van der Waals surface area contributed by atoms with Crippen molar-refractivity contribution in [3.63, 3.8) is 0 Å². The zero-order chi connectivity index (χ0) is 24.0. The Morgan fingerprint density at radius 3 is 2.55 bits per heavy atom. The standard InChI is InChI=1S/C24H27N3O4S2/c1-5-8-17-26(7-3)33(29,30)19-14-12-18(13-15-19)23(28)25-24-27(16-6-2)22-20(31-4)10-9-11-21(22)32-24/h2,9-15H,5,7-8,16-17H2,1,3-4H3. The van der Waals surface area contributed by atoms with Crippen LogP contribution < -0.4 is 9.54 Å². The van der Waals surface area contributed by atoms with Gasteiger partial charge in [-0.2, -0.15) is 9.30 Å². The van der Waals surface area contributed by atoms with Crippen LogP contribution in [-0.4, -0.2) is 43.4 Å². The fourth-order valence-corrected chi connectivity index (χ4v) is 5.97. The van der Waals surface area contributed by atoms with E-state index in [0.717, 1.165) is 23.1 Å². The third-order valence-electron chi connectivity index (χ3n) is 5.18. The fourth-order valence-electron chi connectivity index (χ4n) is 3.44. The average Bonchev–Trinajstić information content (AvgIpc) is 3.16. The van der Waals surface area contributed by atoms with E-state index in [9.17, 15) is 13.2 Å². The second-order valence-electron chi connectivity index (χ2n) is 7.27. The fraction of sp³-hybridized carbons (Fsp3) is 0.333. The molecule has 2 aromatic carbocycles. The van der Waals surface area contributed by atoms with E-state index in [1.54, 1.807) is 11.7 Å². The van der Waals surface area contributed by atoms with Crippen LogP contribution in [0.25, 0.3) is 10.2 Å². The number of terminal acetylenes is 1. The smallest absolute Gasteiger partial charge is 0.279 e. The molecular formula is C24H27N3O4S2. The van der Waals surface area contributed by atoms with Gasteiger partial charge in [0, 0.05) is 18.7 Å². The van der Waals surface area contributed by atoms with Crippen LogP contribution in [0.4, 0.5) is 0 Å². The molecule has 0 fully saturated rings. The normalized spacial score (nSPS) is 12.3. The molecule has 1 aromatic heterocycles. The Kier molecular flexibility index (Phi) is 8.08. The average molecular weight is 486 g/mol. The summed E-state index contributed by atoms with van der Waals surface area (Å²) in [5, 5.41) is 0. The van der Waals surface area contributed by atoms with Crippen molar-refractivity contribution in [2.45, 2.75) is 38.1 Å². The van der Waals surface area contributed by atoms with E-state index >= 15 is 0 Å². The van der Waals surface area contributed by atoms with Crippen LogP contribution in [0.3, 0.4) is 0 Å². The molecule has 0 atom stereocenters. The maximum Gasteiger partial charge on any atom is 0.279 e. The topological polar surface area (TPSA) is 81.0 Å². The third-order valence-corrected chi connectivity index (χ3v) is 8.22. The number of sulfonamides is 1. The zero-order valence-corrected chi connectivity index (χ0v) is 20.6. The molecule has 0 aliphatic carbocycles. The van der Waals surface area contributed by atoms with Crippen molar-refractivity contribution in [2.75, 3.05) is 20.2 Å². The highest BCUT2D eigenvalue weighted by Crippen LogP contribution is 2.27. The molecule has 174 valence electrons. The number of nitrogens with zero attached hydrogens (tertiary/aromatic N) is 3. The molecule has 0 saturated carbocycles. The van der Waals surface area contributed by atoms with Crippen molar-refractivity contribution < 1.29 is 17.9 Å². The minimum atomic E-state index is -3.61. The highest BCUT2D eigenvalue weighted by molar-refractivity contribution is 7.89. The number of ether oxygens (including phenoxy) is 1. The first-order valence-electron chi connectivity index (χ1n) is 10.7. The number of hydrogen-bond acceptors (Lipinski definition) is 5. The highest BCUT2D eigenvalue weighted by Gasteiger charge is 2.22. The van der Waals surface area contributed by atoms with Gasteiger partial charge in [-0.05, 0) is 42.8 Å². The van der Waals surface area contributed by atoms with Crippen LogP contribution in [0, 0.1) is 12.3 Å². The quantitative estimate of drug-likeness (QED) is 0.431. The van der Waals surface area contributed by atoms with E-state index in [1.807, 2.05) is 32.0 Å². The first-order valence-corrected chi connectivity index (χ1v) is 12.9. The van der Waals surface area contributed by atoms with Crippen LogP contribution in [0.2, 0.25) is 0 Å². The third kappa shape index (κ3) is 5.19. The molecule has 9 heteroatoms. The Morgan fingerprint density at radius 1 is 1.21 bits per heavy atom. The highest BCUT2D eigenvalue weighted by atomic mass is 32.2. The predicted molar refractivity (Wildman–Crippen MR) is 131 cm³/mol. The van der Waals surface area contributed by atoms with Gasteiger partial charge >= 0.3 is 0 Å². The second-order valence-corrected chi connectivity index (χ2v) is 10.2. The molecule has 0 N–H and O–H groups in total. The summed E-state index contributed by atoms with van der Waals surface area (Å²) in [6.07, 6.45) is 7.24. The largest absolute Gasteiger partial charge is 0.495 e. The molecule has 0 aliphatic rings. The first-order chi connectivity index (χ1) is 15.9. The Morgan fingerprint density at radius 2 is 1.94 bits per heavy atom. The van der Waals surface area contributed by atoms with Crippen molar-refractivity contribution in [1.29, 1.82) is 0 Å². The maximum absolute atomic E-state index is 12.9. The molecule has 0 unspecified atom stereocenters. The van der Waals surface area contributed by atoms with Crippen LogP contribution in [0.15, 0.2) is 52.4 Å². The minimum absolute atomic E-state index is 0.158. The molecule has 33 heavy (non-hydrogen) atoms. The van der Waals surface area contributed by atoms with Gasteiger partial charge in [-0.1, -0.05) is 43.6 Å². The van der Waals surface area contributed by atoms with Gasteiger partial charge < -0.3 is 9.30 Å². The summed E-state index contributed by atoms with van der Waals surface area (Å²) < 4.78 is 35.4. The van der Waals surface area contributed by atoms with Crippen LogP contribution in [0.1, 0.15) is 37.0 Å². The van der Waals surface area contributed by atoms with E-state index in [4.69, 9.17) is 11.2 Å². The molecule has 0 radical (unpaired) electrons. The number of thiazole rings is 1. The number of rotatable bonds is 9. The van der Waals surface area contributed by atoms with Gasteiger partial charge in [0.15, 0.2) is 4.80 Å². The Hall–Kier alpha value is -2.93. The molecule has 1 heterocycles. The lowest BCUT2D eigenvalue weighted by Gasteiger charge is -2.20. The first kappa shape index (κ1) is 24.7. The summed E-state index contributed by atoms with van der Waals surface area (Å²) >= 11 is 1.34. The Labute approximate surface area is 198 Å². The summed E-state index contributed by atoms with van der Waals surface area (Å²) in [7, 11) is -2.03. The van der Waals surface area contributed by atoms with Crippen molar-refractivity contribution >= 4 is 37.5 Å². The summed E-state index contributed by atoms with van der Waals surface area (Å²) in [4.78, 5) is 17.8. The molecule has 0 bridgehead atoms. The van der Waals surface area contributed by atoms with E-state index in [0.29, 0.717) is 29.2 Å².